The number of hydrogen-bond acceptors (Lipinski definition) is 10. The van der Waals surface area contributed by atoms with Crippen molar-refractivity contribution in [1.82, 2.24) is 0 Å². The highest BCUT2D eigenvalue weighted by Crippen LogP contribution is 2.48. The lowest BCUT2D eigenvalue weighted by atomic mass is 9.95. The molecule has 7 atom stereocenters. The number of ether oxygens (including phenoxy) is 2. The van der Waals surface area contributed by atoms with Crippen LogP contribution in [0.5, 0.6) is 11.5 Å². The van der Waals surface area contributed by atoms with Gasteiger partial charge in [-0.2, -0.15) is 0 Å². The molecule has 51 heavy (non-hydrogen) atoms. The molecule has 1 fully saturated rings. The average molecular weight is 758 g/mol. The first-order chi connectivity index (χ1) is 24.7. The summed E-state index contributed by atoms with van der Waals surface area (Å²) in [5.41, 5.74) is 3.19. The molecule has 0 bridgehead atoms. The average Bonchev–Trinajstić information content (AvgIpc) is 3.73. The minimum absolute atomic E-state index is 0.0612. The van der Waals surface area contributed by atoms with Crippen LogP contribution >= 0.6 is 36.1 Å². The molecular weight excluding hydrogens is 719 g/mol. The number of halogens is 2. The Balaban J connectivity index is 1.11. The van der Waals surface area contributed by atoms with Gasteiger partial charge in [0.1, 0.15) is 35.9 Å². The molecule has 3 heterocycles. The number of fused-ring (bicyclic) bond motifs is 6. The van der Waals surface area contributed by atoms with Gasteiger partial charge in [-0.15, -0.1) is 23.2 Å². The van der Waals surface area contributed by atoms with Crippen molar-refractivity contribution in [1.29, 1.82) is 0 Å². The largest absolute Gasteiger partial charge is 0.461 e. The van der Waals surface area contributed by atoms with Gasteiger partial charge < -0.3 is 43.9 Å². The van der Waals surface area contributed by atoms with Crippen molar-refractivity contribution in [2.45, 2.75) is 61.8 Å². The lowest BCUT2D eigenvalue weighted by Gasteiger charge is -2.39. The smallest absolute Gasteiger partial charge is 0.229 e. The van der Waals surface area contributed by atoms with Gasteiger partial charge in [-0.25, -0.2) is 0 Å². The van der Waals surface area contributed by atoms with Crippen LogP contribution in [-0.4, -0.2) is 94.4 Å². The van der Waals surface area contributed by atoms with Crippen LogP contribution in [0.15, 0.2) is 60.7 Å². The van der Waals surface area contributed by atoms with Crippen LogP contribution < -0.4 is 18.7 Å². The number of rotatable bonds is 10. The maximum Gasteiger partial charge on any atom is 0.229 e. The standard InChI is InChI=1S/C37H38Cl2N2O9S/c38-14-19-16-40(25-12-27(21-6-1-3-8-23(21)32(19)25)48-37-36(47)35(46)34(45)29(18-42)49-37)30(43)10-5-11-31(44)41-17-20(15-39)33-24-9-4-2-7-22(24)28(50-51)13-26(33)41/h1-4,6-9,12-13,19-20,29,34-37,42,45-47,51H,5,10-11,14-18H2/t19-,20-,29-,34+,35+,36-,37-/m1/s1. The third-order valence-electron chi connectivity index (χ3n) is 10.2. The van der Waals surface area contributed by atoms with Gasteiger partial charge in [0.15, 0.2) is 0 Å². The number of carbonyl (C=O) groups is 2. The molecule has 4 aromatic rings. The van der Waals surface area contributed by atoms with E-state index in [1.807, 2.05) is 54.6 Å². The number of benzene rings is 4. The maximum atomic E-state index is 13.9. The van der Waals surface area contributed by atoms with E-state index in [4.69, 9.17) is 36.9 Å². The van der Waals surface area contributed by atoms with Gasteiger partial charge in [-0.05, 0) is 28.3 Å². The second kappa shape index (κ2) is 15.0. The molecule has 1 saturated heterocycles. The Hall–Kier alpha value is -3.33. The summed E-state index contributed by atoms with van der Waals surface area (Å²) in [5.74, 6) is 0.860. The summed E-state index contributed by atoms with van der Waals surface area (Å²) in [6.07, 6.45) is -6.79. The number of amides is 2. The van der Waals surface area contributed by atoms with E-state index in [-0.39, 0.29) is 48.1 Å². The normalized spacial score (nSPS) is 25.7. The van der Waals surface area contributed by atoms with Gasteiger partial charge in [0.25, 0.3) is 0 Å². The first-order valence-corrected chi connectivity index (χ1v) is 18.3. The van der Waals surface area contributed by atoms with E-state index >= 15 is 0 Å². The third kappa shape index (κ3) is 6.40. The fourth-order valence-corrected chi connectivity index (χ4v) is 8.33. The van der Waals surface area contributed by atoms with E-state index in [1.165, 1.54) is 0 Å². The number of aliphatic hydroxyl groups is 4. The first-order valence-electron chi connectivity index (χ1n) is 16.8. The van der Waals surface area contributed by atoms with Crippen molar-refractivity contribution in [3.05, 3.63) is 71.8 Å². The summed E-state index contributed by atoms with van der Waals surface area (Å²) < 4.78 is 17.1. The molecule has 3 aliphatic heterocycles. The predicted octanol–water partition coefficient (Wildman–Crippen LogP) is 4.60. The summed E-state index contributed by atoms with van der Waals surface area (Å²) >= 11 is 16.9. The van der Waals surface area contributed by atoms with Gasteiger partial charge >= 0.3 is 0 Å². The van der Waals surface area contributed by atoms with Gasteiger partial charge in [-0.1, -0.05) is 48.5 Å². The topological polar surface area (TPSA) is 149 Å². The Kier molecular flexibility index (Phi) is 10.6. The molecule has 270 valence electrons. The number of nitrogens with zero attached hydrogens (tertiary/aromatic N) is 2. The number of thiol groups is 1. The summed E-state index contributed by atoms with van der Waals surface area (Å²) in [7, 11) is 0. The lowest BCUT2D eigenvalue weighted by Crippen LogP contribution is -2.60. The maximum absolute atomic E-state index is 13.9. The molecule has 3 aliphatic rings. The SMILES string of the molecule is O=C(CCCC(=O)N1C[C@@H](CCl)c2c1cc(O[C@@H]1O[C@H](CO)[C@H](O)[C@H](O)[C@H]1O)c1ccccc21)N1C[C@@H](CCl)c2c1cc(OS)c1ccccc21. The van der Waals surface area contributed by atoms with E-state index < -0.39 is 37.3 Å². The molecule has 4 aromatic carbocycles. The Bertz CT molecular complexity index is 1960. The fraction of sp³-hybridized carbons (Fsp3) is 0.405. The molecule has 0 unspecified atom stereocenters. The van der Waals surface area contributed by atoms with E-state index in [0.29, 0.717) is 42.2 Å². The van der Waals surface area contributed by atoms with Crippen LogP contribution in [0.1, 0.15) is 42.2 Å². The molecule has 7 rings (SSSR count). The van der Waals surface area contributed by atoms with E-state index in [9.17, 15) is 30.0 Å². The van der Waals surface area contributed by atoms with E-state index in [2.05, 4.69) is 12.9 Å². The van der Waals surface area contributed by atoms with Crippen LogP contribution in [0, 0.1) is 0 Å². The second-order valence-corrected chi connectivity index (χ2v) is 14.0. The summed E-state index contributed by atoms with van der Waals surface area (Å²) in [4.78, 5) is 30.9. The third-order valence-corrected chi connectivity index (χ3v) is 11.1. The van der Waals surface area contributed by atoms with Crippen molar-refractivity contribution >= 4 is 80.8 Å². The zero-order valence-corrected chi connectivity index (χ0v) is 29.8. The van der Waals surface area contributed by atoms with Crippen LogP contribution in [0.25, 0.3) is 21.5 Å². The van der Waals surface area contributed by atoms with Crippen molar-refractivity contribution in [3.8, 4) is 11.5 Å². The van der Waals surface area contributed by atoms with Gasteiger partial charge in [-0.3, -0.25) is 9.59 Å². The predicted molar refractivity (Wildman–Crippen MR) is 197 cm³/mol. The molecule has 0 spiro atoms. The molecule has 0 radical (unpaired) electrons. The van der Waals surface area contributed by atoms with Crippen molar-refractivity contribution in [2.75, 3.05) is 41.3 Å². The first kappa shape index (κ1) is 36.0. The molecule has 4 N–H and O–H groups in total. The molecule has 2 amide bonds. The monoisotopic (exact) mass is 756 g/mol. The van der Waals surface area contributed by atoms with Crippen LogP contribution in [0.4, 0.5) is 11.4 Å². The van der Waals surface area contributed by atoms with Crippen molar-refractivity contribution < 1.29 is 43.7 Å². The number of hydrogen-bond donors (Lipinski definition) is 5. The Morgan fingerprint density at radius 1 is 0.765 bits per heavy atom. The molecule has 14 heteroatoms. The second-order valence-electron chi connectivity index (χ2n) is 13.2. The van der Waals surface area contributed by atoms with Crippen LogP contribution in [0.2, 0.25) is 0 Å². The molecular formula is C37H38Cl2N2O9S. The quantitative estimate of drug-likeness (QED) is 0.0890. The molecule has 0 aliphatic carbocycles. The van der Waals surface area contributed by atoms with Gasteiger partial charge in [0.05, 0.1) is 18.0 Å². The minimum Gasteiger partial charge on any atom is -0.461 e. The number of aliphatic hydroxyl groups excluding tert-OH is 4. The highest BCUT2D eigenvalue weighted by molar-refractivity contribution is 7.75. The molecule has 11 nitrogen and oxygen atoms in total. The fourth-order valence-electron chi connectivity index (χ4n) is 7.67. The highest BCUT2D eigenvalue weighted by atomic mass is 35.5. The Labute approximate surface area is 309 Å². The number of carbonyl (C=O) groups excluding carboxylic acids is 2. The highest BCUT2D eigenvalue weighted by Gasteiger charge is 2.45. The zero-order valence-electron chi connectivity index (χ0n) is 27.4. The lowest BCUT2D eigenvalue weighted by molar-refractivity contribution is -0.277. The van der Waals surface area contributed by atoms with Crippen molar-refractivity contribution in [2.24, 2.45) is 0 Å². The van der Waals surface area contributed by atoms with Gasteiger partial charge in [0.2, 0.25) is 18.1 Å². The van der Waals surface area contributed by atoms with Crippen LogP contribution in [-0.2, 0) is 14.3 Å². The summed E-state index contributed by atoms with van der Waals surface area (Å²) in [6, 6.07) is 18.7. The number of alkyl halides is 2. The van der Waals surface area contributed by atoms with Crippen molar-refractivity contribution in [3.63, 3.8) is 0 Å². The Morgan fingerprint density at radius 3 is 1.75 bits per heavy atom. The van der Waals surface area contributed by atoms with Crippen LogP contribution in [0.3, 0.4) is 0 Å². The molecule has 0 aromatic heterocycles. The van der Waals surface area contributed by atoms with E-state index in [0.717, 1.165) is 33.0 Å². The summed E-state index contributed by atoms with van der Waals surface area (Å²) in [6.45, 7) is 0.153. The summed E-state index contributed by atoms with van der Waals surface area (Å²) in [5, 5.41) is 44.2. The number of anilines is 2. The van der Waals surface area contributed by atoms with Gasteiger partial charge in [0, 0.05) is 85.3 Å². The Morgan fingerprint density at radius 2 is 1.25 bits per heavy atom. The molecule has 0 saturated carbocycles. The zero-order chi connectivity index (χ0) is 36.0. The van der Waals surface area contributed by atoms with E-state index in [1.54, 1.807) is 15.9 Å². The minimum atomic E-state index is -1.62.